The molecule has 23 heteroatoms. The number of aromatic amines is 2. The van der Waals surface area contributed by atoms with E-state index in [-0.39, 0.29) is 65.6 Å². The summed E-state index contributed by atoms with van der Waals surface area (Å²) in [5, 5.41) is 40.3. The molecule has 20 nitrogen and oxygen atoms in total. The van der Waals surface area contributed by atoms with Crippen LogP contribution in [0.1, 0.15) is 70.8 Å². The van der Waals surface area contributed by atoms with Crippen LogP contribution in [0.4, 0.5) is 0 Å². The Morgan fingerprint density at radius 2 is 0.750 bits per heavy atom. The topological polar surface area (TPSA) is 294 Å². The Bertz CT molecular complexity index is 4350. The van der Waals surface area contributed by atoms with Crippen LogP contribution in [0.25, 0.3) is 65.0 Å². The van der Waals surface area contributed by atoms with E-state index in [1.165, 1.54) is 0 Å². The van der Waals surface area contributed by atoms with Gasteiger partial charge in [0.25, 0.3) is 27.0 Å². The molecule has 3 saturated heterocycles. The van der Waals surface area contributed by atoms with Gasteiger partial charge in [-0.25, -0.2) is 29.9 Å². The molecule has 3 aliphatic rings. The van der Waals surface area contributed by atoms with Gasteiger partial charge in [0.2, 0.25) is 0 Å². The maximum Gasteiger partial charge on any atom is 0.273 e. The van der Waals surface area contributed by atoms with Crippen LogP contribution in [-0.2, 0) is 33.5 Å². The van der Waals surface area contributed by atoms with Crippen LogP contribution in [-0.4, -0.2) is 118 Å². The molecule has 9 heterocycles. The van der Waals surface area contributed by atoms with Gasteiger partial charge in [-0.15, -0.1) is 0 Å². The number of hydrogen-bond acceptors (Lipinski definition) is 15. The molecule has 472 valence electrons. The number of ether oxygens (including phenoxy) is 3. The van der Waals surface area contributed by atoms with Gasteiger partial charge < -0.3 is 40.5 Å². The van der Waals surface area contributed by atoms with Gasteiger partial charge in [-0.3, -0.25) is 28.1 Å². The highest BCUT2D eigenvalue weighted by Crippen LogP contribution is 2.33. The Morgan fingerprint density at radius 3 is 1.05 bits per heavy atom. The number of benzene rings is 6. The van der Waals surface area contributed by atoms with Gasteiger partial charge in [0, 0.05) is 78.3 Å². The van der Waals surface area contributed by atoms with E-state index in [0.29, 0.717) is 107 Å². The molecular formula is C69H64Cl3N9O11. The highest BCUT2D eigenvalue weighted by molar-refractivity contribution is 6.29. The van der Waals surface area contributed by atoms with Crippen molar-refractivity contribution in [3.05, 3.63) is 245 Å². The van der Waals surface area contributed by atoms with Gasteiger partial charge in [-0.2, -0.15) is 0 Å². The third-order valence-corrected chi connectivity index (χ3v) is 17.9. The first-order valence-corrected chi connectivity index (χ1v) is 30.9. The Labute approximate surface area is 540 Å². The average Bonchev–Trinajstić information content (AvgIpc) is 0.784. The number of rotatable bonds is 9. The molecule has 6 aromatic heterocycles. The Hall–Kier alpha value is -8.48. The number of nitrogens with zero attached hydrogens (tertiary/aromatic N) is 7. The van der Waals surface area contributed by atoms with Crippen molar-refractivity contribution in [3.63, 3.8) is 0 Å². The third kappa shape index (κ3) is 13.4. The number of fused-ring (bicyclic) bond motifs is 9. The third-order valence-electron chi connectivity index (χ3n) is 17.2. The highest BCUT2D eigenvalue weighted by Gasteiger charge is 2.30. The summed E-state index contributed by atoms with van der Waals surface area (Å²) in [7, 11) is 0. The predicted molar refractivity (Wildman–Crippen MR) is 350 cm³/mol. The molecule has 3 fully saturated rings. The van der Waals surface area contributed by atoms with Crippen LogP contribution in [0.5, 0.6) is 0 Å². The maximum absolute atomic E-state index is 13.4. The molecule has 0 amide bonds. The zero-order chi connectivity index (χ0) is 62.0. The van der Waals surface area contributed by atoms with E-state index < -0.39 is 18.3 Å². The second kappa shape index (κ2) is 28.6. The molecule has 6 aromatic carbocycles. The lowest BCUT2D eigenvalue weighted by Gasteiger charge is -2.29. The first-order valence-electron chi connectivity index (χ1n) is 29.8. The quantitative estimate of drug-likeness (QED) is 0.0897. The second-order valence-corrected chi connectivity index (χ2v) is 24.1. The lowest BCUT2D eigenvalue weighted by molar-refractivity contribution is -0.376. The van der Waals surface area contributed by atoms with Crippen molar-refractivity contribution in [1.82, 2.24) is 33.6 Å². The van der Waals surface area contributed by atoms with Crippen LogP contribution >= 0.6 is 34.8 Å². The summed E-state index contributed by atoms with van der Waals surface area (Å²) >= 11 is 17.9. The van der Waals surface area contributed by atoms with Crippen LogP contribution < -0.4 is 26.6 Å². The van der Waals surface area contributed by atoms with Crippen molar-refractivity contribution in [3.8, 4) is 0 Å². The molecule has 0 bridgehead atoms. The summed E-state index contributed by atoms with van der Waals surface area (Å²) in [5.41, 5.74) is 7.84. The summed E-state index contributed by atoms with van der Waals surface area (Å²) in [5.74, 6) is 0. The van der Waals surface area contributed by atoms with E-state index in [2.05, 4.69) is 42.0 Å². The number of pyridine rings is 3. The largest absolute Gasteiger partial charge is 0.870 e. The summed E-state index contributed by atoms with van der Waals surface area (Å²) in [6.45, 7) is 2.22. The maximum atomic E-state index is 13.4. The van der Waals surface area contributed by atoms with Gasteiger partial charge in [-0.1, -0.05) is 90.5 Å². The van der Waals surface area contributed by atoms with Gasteiger partial charge in [-0.05, 0) is 124 Å². The van der Waals surface area contributed by atoms with E-state index in [4.69, 9.17) is 49.0 Å². The van der Waals surface area contributed by atoms with Crippen molar-refractivity contribution >= 4 is 99.8 Å². The molecule has 0 aliphatic carbocycles. The van der Waals surface area contributed by atoms with Crippen molar-refractivity contribution in [2.45, 2.75) is 75.0 Å². The summed E-state index contributed by atoms with van der Waals surface area (Å²) in [6.07, 6.45) is 11.7. The number of H-pyrrole nitrogens is 2. The first-order chi connectivity index (χ1) is 43.8. The molecule has 0 radical (unpaired) electrons. The van der Waals surface area contributed by atoms with Crippen LogP contribution in [0.15, 0.2) is 179 Å². The number of halogens is 3. The van der Waals surface area contributed by atoms with Crippen molar-refractivity contribution in [1.29, 1.82) is 0 Å². The average molecular weight is 1300 g/mol. The number of hydrogen-bond donors (Lipinski definition) is 3. The highest BCUT2D eigenvalue weighted by atomic mass is 35.5. The monoisotopic (exact) mass is 1300 g/mol. The number of nitrogens with one attached hydrogen (secondary N) is 2. The molecule has 3 aliphatic heterocycles. The fourth-order valence-corrected chi connectivity index (χ4v) is 13.0. The first kappa shape index (κ1) is 65.0. The summed E-state index contributed by atoms with van der Waals surface area (Å²) in [6, 6.07) is 40.0. The standard InChI is InChI=1S/3C23H20ClN3O3.2H2O/c3*24-21-6-5-14(11-25-21)9-15-10-18-22(17-4-2-1-3-16(15)17)26-13-27(23(18)29)19-7-8-30-12-20(19)28;;/h3*1-6,10-11,13,19-20,28H,7-9,12H2;2*1H2/t3*19-,20-;;/m000../s1. The molecule has 0 saturated carbocycles. The zero-order valence-electron chi connectivity index (χ0n) is 49.5. The number of aliphatic hydroxyl groups excluding tert-OH is 3. The van der Waals surface area contributed by atoms with E-state index >= 15 is 0 Å². The van der Waals surface area contributed by atoms with Crippen molar-refractivity contribution in [2.24, 2.45) is 0 Å². The predicted octanol–water partition coefficient (Wildman–Crippen LogP) is 9.02. The van der Waals surface area contributed by atoms with Gasteiger partial charge >= 0.3 is 0 Å². The van der Waals surface area contributed by atoms with Gasteiger partial charge in [0.1, 0.15) is 5.15 Å². The van der Waals surface area contributed by atoms with E-state index in [1.807, 2.05) is 122 Å². The van der Waals surface area contributed by atoms with Crippen LogP contribution in [0.3, 0.4) is 0 Å². The van der Waals surface area contributed by atoms with Crippen molar-refractivity contribution in [2.75, 3.05) is 39.6 Å². The van der Waals surface area contributed by atoms with Crippen LogP contribution in [0, 0.1) is 0 Å². The molecule has 0 spiro atoms. The smallest absolute Gasteiger partial charge is 0.273 e. The van der Waals surface area contributed by atoms with Gasteiger partial charge in [0.05, 0.1) is 108 Å². The number of aromatic nitrogens is 9. The fourth-order valence-electron chi connectivity index (χ4n) is 12.7. The molecular weight excluding hydrogens is 1240 g/mol. The second-order valence-electron chi connectivity index (χ2n) is 22.9. The molecule has 0 unspecified atom stereocenters. The van der Waals surface area contributed by atoms with E-state index in [9.17, 15) is 29.7 Å². The van der Waals surface area contributed by atoms with E-state index in [1.54, 1.807) is 44.9 Å². The normalized spacial score (nSPS) is 19.0. The fraction of sp³-hybridized carbons (Fsp3) is 0.261. The molecule has 12 aromatic rings. The zero-order valence-corrected chi connectivity index (χ0v) is 51.8. The lowest BCUT2D eigenvalue weighted by atomic mass is 9.96. The minimum atomic E-state index is -0.726. The van der Waals surface area contributed by atoms with Crippen molar-refractivity contribution < 1.29 is 50.5 Å². The Kier molecular flexibility index (Phi) is 20.2. The SMILES string of the molecule is O=c1c2cc(Cc3ccc(Cl)[nH+]c3)c3ccccc3c2ncn1[C@H]1CCOC[C@@H]1O.O=c1c2cc(Cc3ccc(Cl)[nH+]c3)c3ccccc3c2ncn1[C@H]1CCOC[C@@H]1O.O=c1c2cc(Cc3ccc(Cl)nc3)c3ccccc3c2ncn1[C@H]1CCOC[C@@H]1O.[OH-].[OH-]. The molecule has 7 N–H and O–H groups in total. The minimum Gasteiger partial charge on any atom is -0.870 e. The minimum absolute atomic E-state index is 0. The lowest BCUT2D eigenvalue weighted by Crippen LogP contribution is -2.39. The number of aliphatic hydroxyl groups is 3. The molecule has 6 atom stereocenters. The Balaban J connectivity index is 0.000000140. The summed E-state index contributed by atoms with van der Waals surface area (Å²) in [4.78, 5) is 64.3. The summed E-state index contributed by atoms with van der Waals surface area (Å²) < 4.78 is 20.6. The Morgan fingerprint density at radius 1 is 0.424 bits per heavy atom. The molecule has 15 rings (SSSR count). The van der Waals surface area contributed by atoms with Gasteiger partial charge in [0.15, 0.2) is 12.4 Å². The van der Waals surface area contributed by atoms with E-state index in [0.717, 1.165) is 65.7 Å². The van der Waals surface area contributed by atoms with Crippen LogP contribution in [0.2, 0.25) is 15.5 Å². The molecule has 92 heavy (non-hydrogen) atoms.